The number of rotatable bonds is 13. The van der Waals surface area contributed by atoms with Gasteiger partial charge in [-0.15, -0.1) is 0 Å². The molecule has 0 heterocycles. The van der Waals surface area contributed by atoms with Crippen LogP contribution in [-0.2, 0) is 35.2 Å². The molecule has 0 radical (unpaired) electrons. The normalized spacial score (nSPS) is 13.7. The molecule has 0 saturated carbocycles. The predicted molar refractivity (Wildman–Crippen MR) is 167 cm³/mol. The van der Waals surface area contributed by atoms with Crippen LogP contribution in [-0.4, -0.2) is 59.3 Å². The van der Waals surface area contributed by atoms with Gasteiger partial charge in [0.2, 0.25) is 15.9 Å². The number of sulfonamides is 1. The van der Waals surface area contributed by atoms with Crippen LogP contribution >= 0.6 is 0 Å². The molecule has 2 N–H and O–H groups in total. The van der Waals surface area contributed by atoms with Crippen LogP contribution in [0.3, 0.4) is 0 Å². The second-order valence-corrected chi connectivity index (χ2v) is 18.3. The number of para-hydroxylation sites is 1. The van der Waals surface area contributed by atoms with Gasteiger partial charge < -0.3 is 14.5 Å². The second-order valence-electron chi connectivity index (χ2n) is 11.8. The molecular formula is C30H39N3O8SSi. The van der Waals surface area contributed by atoms with Crippen molar-refractivity contribution in [3.8, 4) is 0 Å². The van der Waals surface area contributed by atoms with Crippen LogP contribution < -0.4 is 10.0 Å². The number of nitro groups is 1. The van der Waals surface area contributed by atoms with Gasteiger partial charge in [0.1, 0.15) is 12.1 Å². The first-order valence-corrected chi connectivity index (χ1v) is 18.2. The Morgan fingerprint density at radius 2 is 1.60 bits per heavy atom. The quantitative estimate of drug-likeness (QED) is 0.119. The van der Waals surface area contributed by atoms with Gasteiger partial charge in [-0.05, 0) is 47.0 Å². The van der Waals surface area contributed by atoms with Crippen molar-refractivity contribution in [2.45, 2.75) is 68.7 Å². The zero-order valence-electron chi connectivity index (χ0n) is 25.2. The molecule has 0 fully saturated rings. The third-order valence-electron chi connectivity index (χ3n) is 7.70. The molecule has 232 valence electrons. The molecule has 0 bridgehead atoms. The minimum absolute atomic E-state index is 0.0432. The fraction of sp³-hybridized carbons (Fsp3) is 0.400. The van der Waals surface area contributed by atoms with Crippen molar-refractivity contribution >= 4 is 46.7 Å². The number of nitrogens with zero attached hydrogens (tertiary/aromatic N) is 1. The van der Waals surface area contributed by atoms with Gasteiger partial charge in [0.25, 0.3) is 5.69 Å². The number of esters is 1. The van der Waals surface area contributed by atoms with Crippen molar-refractivity contribution in [2.24, 2.45) is 0 Å². The lowest BCUT2D eigenvalue weighted by Crippen LogP contribution is -2.53. The number of ether oxygens (including phenoxy) is 1. The molecule has 0 aliphatic carbocycles. The molecule has 0 saturated heterocycles. The summed E-state index contributed by atoms with van der Waals surface area (Å²) >= 11 is 0. The minimum atomic E-state index is -4.53. The monoisotopic (exact) mass is 629 g/mol. The zero-order valence-corrected chi connectivity index (χ0v) is 27.1. The van der Waals surface area contributed by atoms with Crippen LogP contribution in [0.2, 0.25) is 18.1 Å². The van der Waals surface area contributed by atoms with E-state index in [4.69, 9.17) is 9.16 Å². The van der Waals surface area contributed by atoms with Crippen molar-refractivity contribution in [1.82, 2.24) is 10.0 Å². The van der Waals surface area contributed by atoms with Crippen LogP contribution in [0.15, 0.2) is 71.6 Å². The Balaban J connectivity index is 1.90. The first-order chi connectivity index (χ1) is 20.1. The van der Waals surface area contributed by atoms with Crippen molar-refractivity contribution in [2.75, 3.05) is 13.7 Å². The molecule has 3 aromatic rings. The number of nitro benzene ring substituents is 1. The van der Waals surface area contributed by atoms with E-state index < -0.39 is 57.8 Å². The van der Waals surface area contributed by atoms with Crippen molar-refractivity contribution < 1.29 is 32.1 Å². The number of fused-ring (bicyclic) bond motifs is 1. The van der Waals surface area contributed by atoms with Gasteiger partial charge in [-0.1, -0.05) is 75.4 Å². The summed E-state index contributed by atoms with van der Waals surface area (Å²) in [6.07, 6.45) is 0.00934. The van der Waals surface area contributed by atoms with E-state index >= 15 is 0 Å². The van der Waals surface area contributed by atoms with Crippen molar-refractivity contribution in [3.05, 3.63) is 82.4 Å². The molecule has 3 aromatic carbocycles. The van der Waals surface area contributed by atoms with Crippen LogP contribution in [0.25, 0.3) is 10.8 Å². The van der Waals surface area contributed by atoms with Gasteiger partial charge in [-0.3, -0.25) is 14.9 Å². The number of amides is 1. The molecule has 11 nitrogen and oxygen atoms in total. The van der Waals surface area contributed by atoms with Crippen molar-refractivity contribution in [1.29, 1.82) is 0 Å². The van der Waals surface area contributed by atoms with E-state index in [1.54, 1.807) is 0 Å². The van der Waals surface area contributed by atoms with Gasteiger partial charge in [-0.2, -0.15) is 4.72 Å². The Labute approximate surface area is 253 Å². The maximum atomic E-state index is 13.6. The highest BCUT2D eigenvalue weighted by Gasteiger charge is 2.38. The summed E-state index contributed by atoms with van der Waals surface area (Å²) in [5.41, 5.74) is 0.128. The molecule has 0 aliphatic heterocycles. The number of hydrogen-bond donors (Lipinski definition) is 2. The molecule has 13 heteroatoms. The van der Waals surface area contributed by atoms with Gasteiger partial charge in [0.15, 0.2) is 13.2 Å². The number of hydrogen-bond acceptors (Lipinski definition) is 8. The second kappa shape index (κ2) is 13.8. The molecule has 0 aromatic heterocycles. The smallest absolute Gasteiger partial charge is 0.328 e. The van der Waals surface area contributed by atoms with Gasteiger partial charge in [0, 0.05) is 19.1 Å². The third-order valence-corrected chi connectivity index (χ3v) is 13.8. The summed E-state index contributed by atoms with van der Waals surface area (Å²) in [5.74, 6) is -1.50. The predicted octanol–water partition coefficient (Wildman–Crippen LogP) is 4.71. The number of methoxy groups -OCH3 is 1. The van der Waals surface area contributed by atoms with Crippen LogP contribution in [0, 0.1) is 10.1 Å². The highest BCUT2D eigenvalue weighted by molar-refractivity contribution is 7.89. The summed E-state index contributed by atoms with van der Waals surface area (Å²) in [7, 11) is -5.59. The van der Waals surface area contributed by atoms with Gasteiger partial charge in [0.05, 0.1) is 12.0 Å². The summed E-state index contributed by atoms with van der Waals surface area (Å²) in [6.45, 7) is 10.2. The number of carbonyl (C=O) groups is 2. The largest absolute Gasteiger partial charge is 0.467 e. The summed E-state index contributed by atoms with van der Waals surface area (Å²) in [6, 6.07) is 15.7. The highest BCUT2D eigenvalue weighted by Crippen LogP contribution is 2.36. The zero-order chi connectivity index (χ0) is 32.0. The molecule has 2 unspecified atom stereocenters. The Hall–Kier alpha value is -3.65. The van der Waals surface area contributed by atoms with E-state index in [0.717, 1.165) is 28.5 Å². The fourth-order valence-electron chi connectivity index (χ4n) is 4.19. The lowest BCUT2D eigenvalue weighted by atomic mass is 10.0. The lowest BCUT2D eigenvalue weighted by molar-refractivity contribution is -0.387. The fourth-order valence-corrected chi connectivity index (χ4v) is 6.65. The van der Waals surface area contributed by atoms with E-state index in [1.165, 1.54) is 19.2 Å². The van der Waals surface area contributed by atoms with Crippen LogP contribution in [0.1, 0.15) is 32.8 Å². The average Bonchev–Trinajstić information content (AvgIpc) is 2.95. The Morgan fingerprint density at radius 1 is 0.977 bits per heavy atom. The summed E-state index contributed by atoms with van der Waals surface area (Å²) in [5, 5.41) is 16.0. The molecule has 0 aliphatic rings. The van der Waals surface area contributed by atoms with Gasteiger partial charge in [-0.25, -0.2) is 13.2 Å². The Bertz CT molecular complexity index is 1590. The summed E-state index contributed by atoms with van der Waals surface area (Å²) < 4.78 is 40.2. The lowest BCUT2D eigenvalue weighted by Gasteiger charge is -2.36. The molecule has 0 spiro atoms. The standard InChI is InChI=1S/C30H39N3O8SSi/c1-30(2,3)43(5,6)41-18-17-24(32-42(38,39)27-14-10-9-13-26(27)33(36)37)28(34)31-25(29(35)40-4)20-21-15-16-22-11-7-8-12-23(22)19-21/h7-16,19,24-25,32H,17-18,20H2,1-6H3,(H,31,34). The van der Waals surface area contributed by atoms with E-state index in [9.17, 15) is 28.1 Å². The van der Waals surface area contributed by atoms with E-state index in [2.05, 4.69) is 30.8 Å². The van der Waals surface area contributed by atoms with E-state index in [0.29, 0.717) is 0 Å². The number of benzene rings is 3. The molecule has 1 amide bonds. The first kappa shape index (κ1) is 33.8. The number of carbonyl (C=O) groups excluding carboxylic acids is 2. The minimum Gasteiger partial charge on any atom is -0.467 e. The number of nitrogens with one attached hydrogen (secondary N) is 2. The molecule has 2 atom stereocenters. The maximum Gasteiger partial charge on any atom is 0.328 e. The highest BCUT2D eigenvalue weighted by atomic mass is 32.2. The average molecular weight is 630 g/mol. The van der Waals surface area contributed by atoms with Gasteiger partial charge >= 0.3 is 5.97 Å². The van der Waals surface area contributed by atoms with E-state index in [1.807, 2.05) is 55.6 Å². The maximum absolute atomic E-state index is 13.6. The molecular weight excluding hydrogens is 590 g/mol. The molecule has 43 heavy (non-hydrogen) atoms. The SMILES string of the molecule is COC(=O)C(Cc1ccc2ccccc2c1)NC(=O)C(CCO[Si](C)(C)C(C)(C)C)NS(=O)(=O)c1ccccc1[N+](=O)[O-]. The van der Waals surface area contributed by atoms with Crippen LogP contribution in [0.4, 0.5) is 5.69 Å². The topological polar surface area (TPSA) is 154 Å². The summed E-state index contributed by atoms with van der Waals surface area (Å²) in [4.78, 5) is 36.5. The van der Waals surface area contributed by atoms with E-state index in [-0.39, 0.29) is 24.5 Å². The van der Waals surface area contributed by atoms with Crippen LogP contribution in [0.5, 0.6) is 0 Å². The third kappa shape index (κ3) is 8.69. The molecule has 3 rings (SSSR count). The first-order valence-electron chi connectivity index (χ1n) is 13.8. The Morgan fingerprint density at radius 3 is 2.23 bits per heavy atom. The van der Waals surface area contributed by atoms with Crippen molar-refractivity contribution in [3.63, 3.8) is 0 Å². The Kier molecular flexibility index (Phi) is 10.8.